The van der Waals surface area contributed by atoms with Gasteiger partial charge in [-0.1, -0.05) is 20.8 Å². The van der Waals surface area contributed by atoms with E-state index in [0.29, 0.717) is 12.5 Å². The Morgan fingerprint density at radius 1 is 1.35 bits per heavy atom. The van der Waals surface area contributed by atoms with Crippen molar-refractivity contribution in [3.8, 4) is 0 Å². The number of rotatable bonds is 6. The second-order valence-electron chi connectivity index (χ2n) is 5.66. The number of carbonyl (C=O) groups is 1. The minimum absolute atomic E-state index is 0.117. The fraction of sp³-hybridized carbons (Fsp3) is 0.917. The number of hydrogen-bond donors (Lipinski definition) is 0. The van der Waals surface area contributed by atoms with Gasteiger partial charge in [-0.2, -0.15) is 0 Å². The Morgan fingerprint density at radius 2 is 1.88 bits per heavy atom. The summed E-state index contributed by atoms with van der Waals surface area (Å²) in [6.07, 6.45) is 0.000679. The van der Waals surface area contributed by atoms with Crippen molar-refractivity contribution in [2.45, 2.75) is 58.4 Å². The Balaban J connectivity index is 4.45. The van der Waals surface area contributed by atoms with Crippen LogP contribution in [0.4, 0.5) is 0 Å². The van der Waals surface area contributed by atoms with Gasteiger partial charge in [-0.25, -0.2) is 0 Å². The van der Waals surface area contributed by atoms with Gasteiger partial charge in [0.2, 0.25) is 0 Å². The molecular formula is C12H25ClO3Si. The molecule has 0 saturated carbocycles. The molecule has 0 spiro atoms. The molecule has 0 radical (unpaired) electrons. The molecule has 0 aliphatic heterocycles. The topological polar surface area (TPSA) is 35.5 Å². The van der Waals surface area contributed by atoms with Crippen LogP contribution in [-0.4, -0.2) is 32.9 Å². The highest BCUT2D eigenvalue weighted by atomic mass is 35.5. The second-order valence-corrected chi connectivity index (χ2v) is 10.7. The predicted octanol–water partition coefficient (Wildman–Crippen LogP) is 3.57. The molecule has 0 aliphatic carbocycles. The number of hydrogen-bond acceptors (Lipinski definition) is 3. The maximum absolute atomic E-state index is 11.4. The van der Waals surface area contributed by atoms with Crippen molar-refractivity contribution in [3.63, 3.8) is 0 Å². The molecule has 0 saturated heterocycles. The van der Waals surface area contributed by atoms with Crippen LogP contribution in [0.5, 0.6) is 0 Å². The van der Waals surface area contributed by atoms with Crippen molar-refractivity contribution in [3.05, 3.63) is 0 Å². The van der Waals surface area contributed by atoms with E-state index < -0.39 is 8.32 Å². The molecule has 3 nitrogen and oxygen atoms in total. The highest BCUT2D eigenvalue weighted by Crippen LogP contribution is 2.37. The molecule has 0 rings (SSSR count). The number of esters is 1. The van der Waals surface area contributed by atoms with Crippen molar-refractivity contribution in [1.82, 2.24) is 0 Å². The molecule has 0 N–H and O–H groups in total. The quantitative estimate of drug-likeness (QED) is 0.424. The van der Waals surface area contributed by atoms with Gasteiger partial charge < -0.3 is 9.16 Å². The van der Waals surface area contributed by atoms with Crippen LogP contribution in [0.1, 0.15) is 34.1 Å². The molecule has 0 amide bonds. The molecule has 5 heteroatoms. The summed E-state index contributed by atoms with van der Waals surface area (Å²) in [5.74, 6) is 0.0857. The van der Waals surface area contributed by atoms with Gasteiger partial charge in [-0.15, -0.1) is 11.6 Å². The maximum Gasteiger partial charge on any atom is 0.308 e. The van der Waals surface area contributed by atoms with Gasteiger partial charge in [0.15, 0.2) is 8.32 Å². The van der Waals surface area contributed by atoms with Gasteiger partial charge in [-0.3, -0.25) is 4.79 Å². The van der Waals surface area contributed by atoms with Gasteiger partial charge >= 0.3 is 5.97 Å². The smallest absolute Gasteiger partial charge is 0.308 e. The van der Waals surface area contributed by atoms with E-state index in [4.69, 9.17) is 20.8 Å². The first-order valence-corrected chi connectivity index (χ1v) is 9.47. The van der Waals surface area contributed by atoms with Crippen molar-refractivity contribution >= 4 is 25.9 Å². The molecule has 0 fully saturated rings. The molecule has 1 atom stereocenters. The average Bonchev–Trinajstić information content (AvgIpc) is 2.14. The normalized spacial score (nSPS) is 14.5. The fourth-order valence-electron chi connectivity index (χ4n) is 1.13. The van der Waals surface area contributed by atoms with Crippen molar-refractivity contribution in [2.24, 2.45) is 0 Å². The van der Waals surface area contributed by atoms with Gasteiger partial charge in [0.25, 0.3) is 0 Å². The summed E-state index contributed by atoms with van der Waals surface area (Å²) in [6, 6.07) is 0. The summed E-state index contributed by atoms with van der Waals surface area (Å²) < 4.78 is 11.0. The highest BCUT2D eigenvalue weighted by Gasteiger charge is 2.39. The Bertz CT molecular complexity index is 249. The van der Waals surface area contributed by atoms with Crippen LogP contribution in [-0.2, 0) is 14.0 Å². The van der Waals surface area contributed by atoms with Gasteiger partial charge in [0, 0.05) is 5.88 Å². The van der Waals surface area contributed by atoms with Gasteiger partial charge in [-0.05, 0) is 25.1 Å². The van der Waals surface area contributed by atoms with E-state index in [2.05, 4.69) is 33.9 Å². The standard InChI is InChI=1S/C12H25ClO3Si/c1-7-15-11(14)8-10(9-13)16-17(5,6)12(2,3)4/h10H,7-9H2,1-6H3/t10-/m1/s1. The van der Waals surface area contributed by atoms with Crippen LogP contribution in [0.3, 0.4) is 0 Å². The Hall–Kier alpha value is -0.0631. The molecule has 0 bridgehead atoms. The number of alkyl halides is 1. The lowest BCUT2D eigenvalue weighted by Crippen LogP contribution is -2.45. The third-order valence-electron chi connectivity index (χ3n) is 3.14. The third-order valence-corrected chi connectivity index (χ3v) is 8.02. The molecule has 0 aromatic heterocycles. The van der Waals surface area contributed by atoms with Crippen LogP contribution in [0.15, 0.2) is 0 Å². The number of carbonyl (C=O) groups excluding carboxylic acids is 1. The van der Waals surface area contributed by atoms with E-state index in [1.807, 2.05) is 0 Å². The van der Waals surface area contributed by atoms with E-state index >= 15 is 0 Å². The zero-order valence-corrected chi connectivity index (χ0v) is 13.6. The first kappa shape index (κ1) is 16.9. The maximum atomic E-state index is 11.4. The molecule has 0 unspecified atom stereocenters. The summed E-state index contributed by atoms with van der Waals surface area (Å²) in [4.78, 5) is 11.4. The molecule has 102 valence electrons. The molecule has 0 aliphatic rings. The predicted molar refractivity (Wildman–Crippen MR) is 74.0 cm³/mol. The molecule has 17 heavy (non-hydrogen) atoms. The van der Waals surface area contributed by atoms with E-state index in [1.54, 1.807) is 6.92 Å². The first-order chi connectivity index (χ1) is 7.64. The van der Waals surface area contributed by atoms with Crippen molar-refractivity contribution < 1.29 is 14.0 Å². The lowest BCUT2D eigenvalue weighted by atomic mass is 10.2. The minimum atomic E-state index is -1.87. The molecule has 0 aromatic rings. The minimum Gasteiger partial charge on any atom is -0.466 e. The molecule has 0 aromatic carbocycles. The summed E-state index contributed by atoms with van der Waals surface area (Å²) in [6.45, 7) is 13.0. The van der Waals surface area contributed by atoms with Gasteiger partial charge in [0.1, 0.15) is 0 Å². The zero-order chi connectivity index (χ0) is 13.7. The summed E-state index contributed by atoms with van der Waals surface area (Å²) in [5, 5.41) is 0.117. The largest absolute Gasteiger partial charge is 0.466 e. The second kappa shape index (κ2) is 6.76. The SMILES string of the molecule is CCOC(=O)C[C@H](CCl)O[Si](C)(C)C(C)(C)C. The Labute approximate surface area is 111 Å². The van der Waals surface area contributed by atoms with Crippen LogP contribution in [0, 0.1) is 0 Å². The van der Waals surface area contributed by atoms with Crippen molar-refractivity contribution in [2.75, 3.05) is 12.5 Å². The van der Waals surface area contributed by atoms with Crippen LogP contribution in [0.2, 0.25) is 18.1 Å². The van der Waals surface area contributed by atoms with E-state index in [1.165, 1.54) is 0 Å². The Morgan fingerprint density at radius 3 is 2.24 bits per heavy atom. The number of halogens is 1. The van der Waals surface area contributed by atoms with Crippen LogP contribution < -0.4 is 0 Å². The summed E-state index contributed by atoms with van der Waals surface area (Å²) in [7, 11) is -1.87. The average molecular weight is 281 g/mol. The zero-order valence-electron chi connectivity index (χ0n) is 11.8. The summed E-state index contributed by atoms with van der Waals surface area (Å²) >= 11 is 5.86. The van der Waals surface area contributed by atoms with E-state index in [-0.39, 0.29) is 23.5 Å². The van der Waals surface area contributed by atoms with E-state index in [9.17, 15) is 4.79 Å². The van der Waals surface area contributed by atoms with Crippen LogP contribution >= 0.6 is 11.6 Å². The van der Waals surface area contributed by atoms with E-state index in [0.717, 1.165) is 0 Å². The summed E-state index contributed by atoms with van der Waals surface area (Å²) in [5.41, 5.74) is 0. The monoisotopic (exact) mass is 280 g/mol. The molecule has 0 heterocycles. The lowest BCUT2D eigenvalue weighted by molar-refractivity contribution is -0.144. The first-order valence-electron chi connectivity index (χ1n) is 6.03. The Kier molecular flexibility index (Phi) is 6.73. The third kappa shape index (κ3) is 5.88. The highest BCUT2D eigenvalue weighted by molar-refractivity contribution is 6.74. The molecular weight excluding hydrogens is 256 g/mol. The lowest BCUT2D eigenvalue weighted by Gasteiger charge is -2.38. The van der Waals surface area contributed by atoms with Crippen LogP contribution in [0.25, 0.3) is 0 Å². The van der Waals surface area contributed by atoms with Crippen molar-refractivity contribution in [1.29, 1.82) is 0 Å². The number of ether oxygens (including phenoxy) is 1. The fourth-order valence-corrected chi connectivity index (χ4v) is 2.76. The van der Waals surface area contributed by atoms with Gasteiger partial charge in [0.05, 0.1) is 19.1 Å².